The number of esters is 1. The third-order valence-corrected chi connectivity index (χ3v) is 4.54. The third kappa shape index (κ3) is 2.86. The second kappa shape index (κ2) is 5.51. The van der Waals surface area contributed by atoms with Gasteiger partial charge < -0.3 is 4.74 Å². The van der Waals surface area contributed by atoms with Crippen LogP contribution in [0.25, 0.3) is 0 Å². The summed E-state index contributed by atoms with van der Waals surface area (Å²) < 4.78 is 34.0. The molecule has 1 aromatic carbocycles. The zero-order valence-corrected chi connectivity index (χ0v) is 12.6. The maximum Gasteiger partial charge on any atom is 0.340 e. The molecule has 0 aliphatic carbocycles. The lowest BCUT2D eigenvalue weighted by atomic mass is 10.2. The van der Waals surface area contributed by atoms with Gasteiger partial charge in [-0.1, -0.05) is 17.7 Å². The zero-order chi connectivity index (χ0) is 15.7. The highest BCUT2D eigenvalue weighted by Crippen LogP contribution is 2.19. The van der Waals surface area contributed by atoms with Crippen LogP contribution in [-0.4, -0.2) is 19.4 Å². The largest absolute Gasteiger partial charge is 0.456 e. The maximum atomic E-state index is 12.1. The van der Waals surface area contributed by atoms with E-state index in [1.54, 1.807) is 24.3 Å². The molecule has 0 unspecified atom stereocenters. The van der Waals surface area contributed by atoms with Crippen LogP contribution in [-0.2, 0) is 32.3 Å². The van der Waals surface area contributed by atoms with Crippen LogP contribution in [0.1, 0.15) is 27.3 Å². The van der Waals surface area contributed by atoms with Crippen molar-refractivity contribution in [2.24, 2.45) is 0 Å². The topological polar surface area (TPSA) is 82.6 Å². The Morgan fingerprint density at radius 3 is 2.64 bits per heavy atom. The average Bonchev–Trinajstić information content (AvgIpc) is 2.87. The van der Waals surface area contributed by atoms with E-state index in [2.05, 4.69) is 4.98 Å². The van der Waals surface area contributed by atoms with E-state index >= 15 is 0 Å². The zero-order valence-electron chi connectivity index (χ0n) is 11.8. The molecule has 0 saturated heterocycles. The predicted octanol–water partition coefficient (Wildman–Crippen LogP) is 1.97. The van der Waals surface area contributed by atoms with E-state index in [1.165, 1.54) is 12.1 Å². The highest BCUT2D eigenvalue weighted by atomic mass is 32.2. The minimum Gasteiger partial charge on any atom is -0.456 e. The van der Waals surface area contributed by atoms with Gasteiger partial charge >= 0.3 is 5.97 Å². The molecule has 0 spiro atoms. The van der Waals surface area contributed by atoms with Crippen LogP contribution in [0, 0.1) is 6.92 Å². The number of aryl methyl sites for hydroxylation is 1. The van der Waals surface area contributed by atoms with Crippen LogP contribution in [0.3, 0.4) is 0 Å². The molecular formula is C15H13NO5S. The second-order valence-electron chi connectivity index (χ2n) is 4.90. The molecule has 0 radical (unpaired) electrons. The normalized spacial score (nSPS) is 13.8. The molecule has 6 nitrogen and oxygen atoms in total. The van der Waals surface area contributed by atoms with Crippen molar-refractivity contribution in [1.82, 2.24) is 4.98 Å². The van der Waals surface area contributed by atoms with Crippen molar-refractivity contribution >= 4 is 16.1 Å². The highest BCUT2D eigenvalue weighted by Gasteiger charge is 2.23. The monoisotopic (exact) mass is 319 g/mol. The van der Waals surface area contributed by atoms with Gasteiger partial charge in [-0.05, 0) is 31.2 Å². The molecule has 0 atom stereocenters. The molecule has 22 heavy (non-hydrogen) atoms. The van der Waals surface area contributed by atoms with Gasteiger partial charge in [-0.25, -0.2) is 4.79 Å². The fourth-order valence-electron chi connectivity index (χ4n) is 2.05. The van der Waals surface area contributed by atoms with Crippen LogP contribution in [0.4, 0.5) is 0 Å². The maximum absolute atomic E-state index is 12.1. The molecule has 114 valence electrons. The Hall–Kier alpha value is -2.25. The lowest BCUT2D eigenvalue weighted by Gasteiger charge is -2.06. The van der Waals surface area contributed by atoms with Gasteiger partial charge in [-0.15, -0.1) is 0 Å². The van der Waals surface area contributed by atoms with Gasteiger partial charge in [-0.3, -0.25) is 9.17 Å². The van der Waals surface area contributed by atoms with Gasteiger partial charge in [0.05, 0.1) is 21.8 Å². The Bertz CT molecular complexity index is 828. The molecule has 1 aliphatic heterocycles. The number of nitrogens with zero attached hydrogens (tertiary/aromatic N) is 1. The van der Waals surface area contributed by atoms with Crippen molar-refractivity contribution in [3.63, 3.8) is 0 Å². The van der Waals surface area contributed by atoms with Crippen LogP contribution in [0.5, 0.6) is 0 Å². The van der Waals surface area contributed by atoms with Gasteiger partial charge in [0, 0.05) is 0 Å². The Labute approximate surface area is 127 Å². The first-order valence-electron chi connectivity index (χ1n) is 6.58. The molecule has 3 rings (SSSR count). The summed E-state index contributed by atoms with van der Waals surface area (Å²) in [7, 11) is -3.84. The number of carbonyl (C=O) groups excluding carboxylic acids is 1. The summed E-state index contributed by atoms with van der Waals surface area (Å²) in [6.45, 7) is 1.78. The minimum absolute atomic E-state index is 0.0952. The molecule has 1 aromatic heterocycles. The van der Waals surface area contributed by atoms with Crippen molar-refractivity contribution in [3.8, 4) is 0 Å². The summed E-state index contributed by atoms with van der Waals surface area (Å²) in [5.74, 6) is -0.415. The Kier molecular flexibility index (Phi) is 3.67. The Morgan fingerprint density at radius 2 is 1.91 bits per heavy atom. The number of cyclic esters (lactones) is 1. The summed E-state index contributed by atoms with van der Waals surface area (Å²) in [5, 5.41) is 0. The SMILES string of the molecule is Cc1ccc(S(=O)(=O)OCc2ccc3c(n2)COC3=O)cc1. The molecule has 2 aromatic rings. The third-order valence-electron chi connectivity index (χ3n) is 3.26. The fourth-order valence-corrected chi connectivity index (χ4v) is 2.93. The predicted molar refractivity (Wildman–Crippen MR) is 76.5 cm³/mol. The first-order chi connectivity index (χ1) is 10.5. The molecular weight excluding hydrogens is 306 g/mol. The highest BCUT2D eigenvalue weighted by molar-refractivity contribution is 7.86. The smallest absolute Gasteiger partial charge is 0.340 e. The van der Waals surface area contributed by atoms with E-state index in [0.717, 1.165) is 5.56 Å². The molecule has 0 fully saturated rings. The number of rotatable bonds is 4. The van der Waals surface area contributed by atoms with Crippen LogP contribution >= 0.6 is 0 Å². The fraction of sp³-hybridized carbons (Fsp3) is 0.200. The molecule has 0 N–H and O–H groups in total. The van der Waals surface area contributed by atoms with E-state index in [4.69, 9.17) is 8.92 Å². The van der Waals surface area contributed by atoms with E-state index in [1.807, 2.05) is 6.92 Å². The molecule has 0 saturated carbocycles. The summed E-state index contributed by atoms with van der Waals surface area (Å²) >= 11 is 0. The van der Waals surface area contributed by atoms with Gasteiger partial charge in [0.2, 0.25) is 0 Å². The van der Waals surface area contributed by atoms with Gasteiger partial charge in [-0.2, -0.15) is 8.42 Å². The van der Waals surface area contributed by atoms with E-state index in [0.29, 0.717) is 17.0 Å². The number of hydrogen-bond acceptors (Lipinski definition) is 6. The van der Waals surface area contributed by atoms with Gasteiger partial charge in [0.1, 0.15) is 13.2 Å². The standard InChI is InChI=1S/C15H13NO5S/c1-10-2-5-12(6-3-10)22(18,19)21-8-11-4-7-13-14(16-11)9-20-15(13)17/h2-7H,8-9H2,1H3. The summed E-state index contributed by atoms with van der Waals surface area (Å²) in [6, 6.07) is 9.51. The summed E-state index contributed by atoms with van der Waals surface area (Å²) in [5.41, 5.74) is 2.29. The number of benzene rings is 1. The van der Waals surface area contributed by atoms with Crippen molar-refractivity contribution < 1.29 is 22.1 Å². The number of pyridine rings is 1. The quantitative estimate of drug-likeness (QED) is 0.633. The van der Waals surface area contributed by atoms with Crippen molar-refractivity contribution in [3.05, 3.63) is 58.9 Å². The van der Waals surface area contributed by atoms with E-state index < -0.39 is 16.1 Å². The first-order valence-corrected chi connectivity index (χ1v) is 7.98. The number of aromatic nitrogens is 1. The summed E-state index contributed by atoms with van der Waals surface area (Å²) in [4.78, 5) is 15.6. The van der Waals surface area contributed by atoms with Crippen LogP contribution in [0.2, 0.25) is 0 Å². The number of ether oxygens (including phenoxy) is 1. The molecule has 0 amide bonds. The lowest BCUT2D eigenvalue weighted by Crippen LogP contribution is -2.08. The minimum atomic E-state index is -3.84. The average molecular weight is 319 g/mol. The van der Waals surface area contributed by atoms with Gasteiger partial charge in [0.15, 0.2) is 0 Å². The van der Waals surface area contributed by atoms with Crippen LogP contribution < -0.4 is 0 Å². The first kappa shape index (κ1) is 14.7. The molecule has 1 aliphatic rings. The molecule has 7 heteroatoms. The second-order valence-corrected chi connectivity index (χ2v) is 6.52. The number of hydrogen-bond donors (Lipinski definition) is 0. The van der Waals surface area contributed by atoms with Crippen molar-refractivity contribution in [2.45, 2.75) is 25.0 Å². The van der Waals surface area contributed by atoms with E-state index in [9.17, 15) is 13.2 Å². The summed E-state index contributed by atoms with van der Waals surface area (Å²) in [6.07, 6.45) is 0. The number of carbonyl (C=O) groups is 1. The van der Waals surface area contributed by atoms with Crippen LogP contribution in [0.15, 0.2) is 41.3 Å². The number of fused-ring (bicyclic) bond motifs is 1. The lowest BCUT2D eigenvalue weighted by molar-refractivity contribution is 0.0533. The van der Waals surface area contributed by atoms with Gasteiger partial charge in [0.25, 0.3) is 10.1 Å². The molecule has 2 heterocycles. The van der Waals surface area contributed by atoms with Crippen molar-refractivity contribution in [1.29, 1.82) is 0 Å². The van der Waals surface area contributed by atoms with Crippen molar-refractivity contribution in [2.75, 3.05) is 0 Å². The Morgan fingerprint density at radius 1 is 1.18 bits per heavy atom. The van der Waals surface area contributed by atoms with E-state index in [-0.39, 0.29) is 18.1 Å². The molecule has 0 bridgehead atoms. The Balaban J connectivity index is 1.75.